The molecule has 62 valence electrons. The molecule has 0 amide bonds. The summed E-state index contributed by atoms with van der Waals surface area (Å²) < 4.78 is 0. The number of rotatable bonds is 4. The number of aliphatic carboxylic acids is 2. The summed E-state index contributed by atoms with van der Waals surface area (Å²) in [6, 6.07) is 0. The second kappa shape index (κ2) is 3.70. The fraction of sp³-hybridized carbons (Fsp3) is 0.500. The molecule has 0 spiro atoms. The van der Waals surface area contributed by atoms with Gasteiger partial charge in [0.05, 0.1) is 11.9 Å². The van der Waals surface area contributed by atoms with Crippen LogP contribution in [-0.2, 0) is 14.4 Å². The Kier molecular flexibility index (Phi) is 3.23. The van der Waals surface area contributed by atoms with E-state index >= 15 is 0 Å². The SMILES string of the molecule is CCC(C(=O)[O-])C(=O)C(=O)[O-]. The number of carbonyl (C=O) groups is 3. The molecular weight excluding hydrogens is 152 g/mol. The summed E-state index contributed by atoms with van der Waals surface area (Å²) in [5.41, 5.74) is 0. The molecule has 0 bridgehead atoms. The van der Waals surface area contributed by atoms with Crippen molar-refractivity contribution in [3.8, 4) is 0 Å². The standard InChI is InChI=1S/C6H8O5/c1-2-3(5(8)9)4(7)6(10)11/h3H,2H2,1H3,(H,8,9)(H,10,11)/p-2. The summed E-state index contributed by atoms with van der Waals surface area (Å²) in [6.07, 6.45) is -0.102. The third-order valence-electron chi connectivity index (χ3n) is 1.21. The quantitative estimate of drug-likeness (QED) is 0.322. The molecule has 5 heteroatoms. The van der Waals surface area contributed by atoms with Gasteiger partial charge in [0.1, 0.15) is 5.97 Å². The van der Waals surface area contributed by atoms with E-state index in [0.717, 1.165) is 0 Å². The molecule has 0 aliphatic heterocycles. The minimum absolute atomic E-state index is 0.102. The van der Waals surface area contributed by atoms with Gasteiger partial charge < -0.3 is 19.8 Å². The molecular formula is C6H6O5-2. The van der Waals surface area contributed by atoms with Gasteiger partial charge in [0.2, 0.25) is 0 Å². The first-order chi connectivity index (χ1) is 5.00. The van der Waals surface area contributed by atoms with Crippen molar-refractivity contribution in [1.82, 2.24) is 0 Å². The van der Waals surface area contributed by atoms with Gasteiger partial charge in [-0.3, -0.25) is 4.79 Å². The predicted molar refractivity (Wildman–Crippen MR) is 28.8 cm³/mol. The van der Waals surface area contributed by atoms with Gasteiger partial charge in [-0.1, -0.05) is 6.92 Å². The van der Waals surface area contributed by atoms with Crippen LogP contribution in [0.1, 0.15) is 13.3 Å². The van der Waals surface area contributed by atoms with E-state index < -0.39 is 23.6 Å². The summed E-state index contributed by atoms with van der Waals surface area (Å²) in [6.45, 7) is 1.38. The summed E-state index contributed by atoms with van der Waals surface area (Å²) in [5, 5.41) is 19.9. The highest BCUT2D eigenvalue weighted by atomic mass is 16.4. The molecule has 0 aliphatic carbocycles. The second-order valence-electron chi connectivity index (χ2n) is 1.93. The van der Waals surface area contributed by atoms with E-state index in [4.69, 9.17) is 0 Å². The number of carboxylic acids is 2. The normalized spacial score (nSPS) is 12.1. The predicted octanol–water partition coefficient (Wildman–Crippen LogP) is -2.92. The van der Waals surface area contributed by atoms with E-state index in [0.29, 0.717) is 0 Å². The maximum atomic E-state index is 10.4. The summed E-state index contributed by atoms with van der Waals surface area (Å²) in [7, 11) is 0. The van der Waals surface area contributed by atoms with Crippen molar-refractivity contribution in [3.63, 3.8) is 0 Å². The first kappa shape index (κ1) is 9.61. The smallest absolute Gasteiger partial charge is 0.186 e. The Balaban J connectivity index is 4.39. The zero-order chi connectivity index (χ0) is 9.02. The highest BCUT2D eigenvalue weighted by Gasteiger charge is 2.17. The van der Waals surface area contributed by atoms with Crippen LogP contribution in [0.25, 0.3) is 0 Å². The molecule has 1 atom stereocenters. The van der Waals surface area contributed by atoms with Gasteiger partial charge in [-0.25, -0.2) is 0 Å². The Morgan fingerprint density at radius 3 is 1.82 bits per heavy atom. The maximum absolute atomic E-state index is 10.4. The van der Waals surface area contributed by atoms with Crippen molar-refractivity contribution in [3.05, 3.63) is 0 Å². The number of hydrogen-bond acceptors (Lipinski definition) is 5. The molecule has 1 unspecified atom stereocenters. The zero-order valence-corrected chi connectivity index (χ0v) is 5.83. The molecule has 0 heterocycles. The van der Waals surface area contributed by atoms with E-state index in [-0.39, 0.29) is 6.42 Å². The number of hydrogen-bond donors (Lipinski definition) is 0. The van der Waals surface area contributed by atoms with Crippen molar-refractivity contribution in [1.29, 1.82) is 0 Å². The minimum atomic E-state index is -1.99. The average molecular weight is 158 g/mol. The van der Waals surface area contributed by atoms with Crippen LogP contribution in [0.4, 0.5) is 0 Å². The molecule has 0 saturated carbocycles. The fourth-order valence-corrected chi connectivity index (χ4v) is 0.601. The molecule has 0 radical (unpaired) electrons. The van der Waals surface area contributed by atoms with Crippen LogP contribution in [0.2, 0.25) is 0 Å². The lowest BCUT2D eigenvalue weighted by molar-refractivity contribution is -0.314. The van der Waals surface area contributed by atoms with E-state index in [1.165, 1.54) is 6.92 Å². The van der Waals surface area contributed by atoms with Crippen LogP contribution >= 0.6 is 0 Å². The van der Waals surface area contributed by atoms with E-state index in [9.17, 15) is 24.6 Å². The summed E-state index contributed by atoms with van der Waals surface area (Å²) >= 11 is 0. The third-order valence-corrected chi connectivity index (χ3v) is 1.21. The second-order valence-corrected chi connectivity index (χ2v) is 1.93. The van der Waals surface area contributed by atoms with Gasteiger partial charge in [-0.2, -0.15) is 0 Å². The Bertz CT molecular complexity index is 195. The number of carboxylic acid groups (broad SMARTS) is 2. The molecule has 0 fully saturated rings. The van der Waals surface area contributed by atoms with Crippen molar-refractivity contribution in [2.45, 2.75) is 13.3 Å². The van der Waals surface area contributed by atoms with Crippen LogP contribution in [0, 0.1) is 5.92 Å². The first-order valence-electron chi connectivity index (χ1n) is 2.96. The van der Waals surface area contributed by atoms with Crippen LogP contribution < -0.4 is 10.2 Å². The molecule has 0 saturated heterocycles. The van der Waals surface area contributed by atoms with Crippen LogP contribution in [0.5, 0.6) is 0 Å². The van der Waals surface area contributed by atoms with Gasteiger partial charge in [0.25, 0.3) is 0 Å². The van der Waals surface area contributed by atoms with Crippen LogP contribution in [0.3, 0.4) is 0 Å². The molecule has 5 nitrogen and oxygen atoms in total. The van der Waals surface area contributed by atoms with Gasteiger partial charge in [0, 0.05) is 0 Å². The monoisotopic (exact) mass is 158 g/mol. The molecule has 0 N–H and O–H groups in total. The zero-order valence-electron chi connectivity index (χ0n) is 5.83. The Hall–Kier alpha value is -1.39. The van der Waals surface area contributed by atoms with Gasteiger partial charge in [-0.05, 0) is 6.42 Å². The van der Waals surface area contributed by atoms with Crippen molar-refractivity contribution >= 4 is 17.7 Å². The molecule has 0 aromatic rings. The minimum Gasteiger partial charge on any atom is -0.549 e. The van der Waals surface area contributed by atoms with Crippen molar-refractivity contribution in [2.75, 3.05) is 0 Å². The molecule has 0 aromatic heterocycles. The highest BCUT2D eigenvalue weighted by molar-refractivity contribution is 6.35. The average Bonchev–Trinajstić information content (AvgIpc) is 1.88. The molecule has 0 rings (SSSR count). The molecule has 11 heavy (non-hydrogen) atoms. The lowest BCUT2D eigenvalue weighted by Gasteiger charge is -2.14. The summed E-state index contributed by atoms with van der Waals surface area (Å²) in [4.78, 5) is 30.3. The number of ketones is 1. The Morgan fingerprint density at radius 1 is 1.27 bits per heavy atom. The maximum Gasteiger partial charge on any atom is 0.186 e. The van der Waals surface area contributed by atoms with Gasteiger partial charge >= 0.3 is 0 Å². The largest absolute Gasteiger partial charge is 0.549 e. The van der Waals surface area contributed by atoms with E-state index in [1.54, 1.807) is 0 Å². The third kappa shape index (κ3) is 2.37. The number of carbonyl (C=O) groups excluding carboxylic acids is 3. The Morgan fingerprint density at radius 2 is 1.73 bits per heavy atom. The molecule has 0 aromatic carbocycles. The summed E-state index contributed by atoms with van der Waals surface area (Å²) in [5.74, 6) is -6.68. The highest BCUT2D eigenvalue weighted by Crippen LogP contribution is 2.01. The van der Waals surface area contributed by atoms with E-state index in [2.05, 4.69) is 0 Å². The van der Waals surface area contributed by atoms with E-state index in [1.807, 2.05) is 0 Å². The van der Waals surface area contributed by atoms with Gasteiger partial charge in [-0.15, -0.1) is 0 Å². The first-order valence-corrected chi connectivity index (χ1v) is 2.96. The van der Waals surface area contributed by atoms with Crippen molar-refractivity contribution in [2.24, 2.45) is 5.92 Å². The fourth-order valence-electron chi connectivity index (χ4n) is 0.601. The van der Waals surface area contributed by atoms with Crippen LogP contribution in [0.15, 0.2) is 0 Å². The van der Waals surface area contributed by atoms with Crippen molar-refractivity contribution < 1.29 is 24.6 Å². The van der Waals surface area contributed by atoms with Gasteiger partial charge in [0.15, 0.2) is 5.78 Å². The van der Waals surface area contributed by atoms with Crippen LogP contribution in [-0.4, -0.2) is 17.7 Å². The topological polar surface area (TPSA) is 97.3 Å². The molecule has 0 aliphatic rings. The lowest BCUT2D eigenvalue weighted by atomic mass is 10.0. The lowest BCUT2D eigenvalue weighted by Crippen LogP contribution is -2.44. The Labute approximate surface area is 62.6 Å². The number of Topliss-reactive ketones (excluding diaryl/α,β-unsaturated/α-hetero) is 1.